The molecule has 3 aromatic rings. The van der Waals surface area contributed by atoms with Crippen molar-refractivity contribution in [3.05, 3.63) is 76.6 Å². The van der Waals surface area contributed by atoms with E-state index in [-0.39, 0.29) is 11.1 Å². The zero-order chi connectivity index (χ0) is 28.2. The first kappa shape index (κ1) is 28.5. The fourth-order valence-corrected chi connectivity index (χ4v) is 5.09. The Morgan fingerprint density at radius 3 is 2.28 bits per heavy atom. The summed E-state index contributed by atoms with van der Waals surface area (Å²) in [4.78, 5) is 12.8. The third-order valence-electron chi connectivity index (χ3n) is 7.18. The second-order valence-corrected chi connectivity index (χ2v) is 9.97. The van der Waals surface area contributed by atoms with Crippen LogP contribution in [0.2, 0.25) is 0 Å². The molecule has 1 saturated carbocycles. The lowest BCUT2D eigenvalue weighted by Crippen LogP contribution is -2.25. The van der Waals surface area contributed by atoms with E-state index < -0.39 is 46.5 Å². The SMILES string of the molecule is CCCCCc1ccc(C2CCC(C(=O)Oc3cc(F)c4c(F)c(C#CC(F)(F)F)c(F)cc4c3)CC2)cc1. The van der Waals surface area contributed by atoms with Gasteiger partial charge in [-0.05, 0) is 73.1 Å². The molecule has 0 radical (unpaired) electrons. The van der Waals surface area contributed by atoms with Crippen LogP contribution in [0.25, 0.3) is 10.8 Å². The van der Waals surface area contributed by atoms with Crippen LogP contribution in [0.15, 0.2) is 42.5 Å². The number of hydrogen-bond acceptors (Lipinski definition) is 2. The minimum absolute atomic E-state index is 0.237. The number of rotatable bonds is 7. The molecule has 1 aliphatic carbocycles. The molecular formula is C31H28F6O2. The molecule has 0 aromatic heterocycles. The third kappa shape index (κ3) is 7.14. The Kier molecular flexibility index (Phi) is 8.89. The molecule has 4 rings (SSSR count). The highest BCUT2D eigenvalue weighted by Crippen LogP contribution is 2.37. The molecule has 0 atom stereocenters. The molecule has 1 aliphatic rings. The summed E-state index contributed by atoms with van der Waals surface area (Å²) >= 11 is 0. The zero-order valence-corrected chi connectivity index (χ0v) is 21.4. The number of halogens is 6. The lowest BCUT2D eigenvalue weighted by atomic mass is 9.78. The van der Waals surface area contributed by atoms with Gasteiger partial charge in [0.25, 0.3) is 0 Å². The van der Waals surface area contributed by atoms with Crippen LogP contribution in [-0.2, 0) is 11.2 Å². The number of esters is 1. The largest absolute Gasteiger partial charge is 0.458 e. The second-order valence-electron chi connectivity index (χ2n) is 9.97. The Hall–Kier alpha value is -3.47. The van der Waals surface area contributed by atoms with Crippen LogP contribution >= 0.6 is 0 Å². The van der Waals surface area contributed by atoms with Gasteiger partial charge in [-0.15, -0.1) is 0 Å². The van der Waals surface area contributed by atoms with Crippen LogP contribution in [0.3, 0.4) is 0 Å². The Bertz CT molecular complexity index is 1390. The van der Waals surface area contributed by atoms with Gasteiger partial charge in [0.05, 0.1) is 16.9 Å². The number of ether oxygens (including phenoxy) is 1. The predicted octanol–water partition coefficient (Wildman–Crippen LogP) is 8.78. The Morgan fingerprint density at radius 2 is 1.64 bits per heavy atom. The second kappa shape index (κ2) is 12.1. The number of aryl methyl sites for hydroxylation is 1. The average Bonchev–Trinajstić information content (AvgIpc) is 2.88. The van der Waals surface area contributed by atoms with Crippen molar-refractivity contribution in [2.24, 2.45) is 5.92 Å². The van der Waals surface area contributed by atoms with Gasteiger partial charge in [-0.2, -0.15) is 13.2 Å². The quantitative estimate of drug-likeness (QED) is 0.0974. The van der Waals surface area contributed by atoms with Crippen LogP contribution in [0.1, 0.15) is 74.5 Å². The van der Waals surface area contributed by atoms with Gasteiger partial charge in [0, 0.05) is 12.0 Å². The van der Waals surface area contributed by atoms with E-state index in [9.17, 15) is 31.1 Å². The van der Waals surface area contributed by atoms with Crippen molar-refractivity contribution in [2.45, 2.75) is 70.4 Å². The van der Waals surface area contributed by atoms with E-state index in [1.165, 1.54) is 36.3 Å². The van der Waals surface area contributed by atoms with Gasteiger partial charge < -0.3 is 4.74 Å². The molecule has 39 heavy (non-hydrogen) atoms. The molecule has 0 aliphatic heterocycles. The summed E-state index contributed by atoms with van der Waals surface area (Å²) < 4.78 is 86.1. The van der Waals surface area contributed by atoms with Crippen molar-refractivity contribution >= 4 is 16.7 Å². The molecule has 2 nitrogen and oxygen atoms in total. The van der Waals surface area contributed by atoms with Crippen LogP contribution in [0, 0.1) is 35.2 Å². The third-order valence-corrected chi connectivity index (χ3v) is 7.18. The minimum atomic E-state index is -4.97. The van der Waals surface area contributed by atoms with Gasteiger partial charge in [-0.1, -0.05) is 50.0 Å². The van der Waals surface area contributed by atoms with E-state index >= 15 is 0 Å². The maximum absolute atomic E-state index is 14.7. The Morgan fingerprint density at radius 1 is 0.949 bits per heavy atom. The van der Waals surface area contributed by atoms with Crippen LogP contribution in [0.5, 0.6) is 5.75 Å². The normalized spacial score (nSPS) is 17.5. The molecule has 206 valence electrons. The molecule has 0 amide bonds. The Labute approximate surface area is 223 Å². The summed E-state index contributed by atoms with van der Waals surface area (Å²) in [6, 6.07) is 11.1. The van der Waals surface area contributed by atoms with E-state index in [2.05, 4.69) is 31.2 Å². The van der Waals surface area contributed by atoms with Gasteiger partial charge in [0.1, 0.15) is 17.4 Å². The number of benzene rings is 3. The fourth-order valence-electron chi connectivity index (χ4n) is 5.09. The predicted molar refractivity (Wildman–Crippen MR) is 137 cm³/mol. The summed E-state index contributed by atoms with van der Waals surface area (Å²) in [6.45, 7) is 2.18. The molecule has 3 aromatic carbocycles. The molecule has 0 bridgehead atoms. The molecule has 0 N–H and O–H groups in total. The summed E-state index contributed by atoms with van der Waals surface area (Å²) in [6.07, 6.45) is 2.41. The number of alkyl halides is 3. The van der Waals surface area contributed by atoms with Crippen molar-refractivity contribution in [3.8, 4) is 17.6 Å². The standard InChI is InChI=1S/C31H28F6O2/c1-2-3-4-5-19-6-8-20(9-7-19)21-10-12-22(13-11-21)30(38)39-24-16-23-17-26(32)25(14-15-31(35,36)37)29(34)28(23)27(33)18-24/h6-9,16-18,21-22H,2-5,10-13H2,1H3. The van der Waals surface area contributed by atoms with E-state index in [1.54, 1.807) is 0 Å². The van der Waals surface area contributed by atoms with E-state index in [1.807, 2.05) is 0 Å². The number of carbonyl (C=O) groups is 1. The number of unbranched alkanes of at least 4 members (excludes halogenated alkanes) is 2. The summed E-state index contributed by atoms with van der Waals surface area (Å²) in [7, 11) is 0. The topological polar surface area (TPSA) is 26.3 Å². The highest BCUT2D eigenvalue weighted by Gasteiger charge is 2.29. The molecule has 0 unspecified atom stereocenters. The van der Waals surface area contributed by atoms with Crippen molar-refractivity contribution < 1.29 is 35.9 Å². The van der Waals surface area contributed by atoms with Crippen molar-refractivity contribution in [1.29, 1.82) is 0 Å². The molecule has 0 heterocycles. The average molecular weight is 547 g/mol. The molecule has 0 spiro atoms. The highest BCUT2D eigenvalue weighted by atomic mass is 19.4. The lowest BCUT2D eigenvalue weighted by molar-refractivity contribution is -0.140. The van der Waals surface area contributed by atoms with Crippen LogP contribution in [0.4, 0.5) is 26.3 Å². The molecule has 8 heteroatoms. The number of carbonyl (C=O) groups excluding carboxylic acids is 1. The van der Waals surface area contributed by atoms with Crippen molar-refractivity contribution in [1.82, 2.24) is 0 Å². The zero-order valence-electron chi connectivity index (χ0n) is 21.4. The van der Waals surface area contributed by atoms with Gasteiger partial charge in [-0.25, -0.2) is 13.2 Å². The van der Waals surface area contributed by atoms with Gasteiger partial charge in [-0.3, -0.25) is 4.79 Å². The number of fused-ring (bicyclic) bond motifs is 1. The van der Waals surface area contributed by atoms with E-state index in [0.29, 0.717) is 24.8 Å². The van der Waals surface area contributed by atoms with Gasteiger partial charge >= 0.3 is 12.1 Å². The Balaban J connectivity index is 1.41. The highest BCUT2D eigenvalue weighted by molar-refractivity contribution is 5.87. The minimum Gasteiger partial charge on any atom is -0.426 e. The summed E-state index contributed by atoms with van der Waals surface area (Å²) in [5, 5.41) is -1.04. The fraction of sp³-hybridized carbons (Fsp3) is 0.387. The van der Waals surface area contributed by atoms with Gasteiger partial charge in [0.15, 0.2) is 5.82 Å². The maximum atomic E-state index is 14.7. The van der Waals surface area contributed by atoms with Gasteiger partial charge in [0.2, 0.25) is 0 Å². The summed E-state index contributed by atoms with van der Waals surface area (Å²) in [5.74, 6) is -2.85. The lowest BCUT2D eigenvalue weighted by Gasteiger charge is -2.27. The van der Waals surface area contributed by atoms with Crippen LogP contribution in [-0.4, -0.2) is 12.1 Å². The first-order valence-electron chi connectivity index (χ1n) is 13.1. The number of hydrogen-bond donors (Lipinski definition) is 0. The summed E-state index contributed by atoms with van der Waals surface area (Å²) in [5.41, 5.74) is 1.37. The first-order valence-corrected chi connectivity index (χ1v) is 13.1. The molecular weight excluding hydrogens is 518 g/mol. The monoisotopic (exact) mass is 546 g/mol. The van der Waals surface area contributed by atoms with E-state index in [0.717, 1.165) is 37.3 Å². The maximum Gasteiger partial charge on any atom is 0.458 e. The molecule has 1 fully saturated rings. The smallest absolute Gasteiger partial charge is 0.426 e. The van der Waals surface area contributed by atoms with E-state index in [4.69, 9.17) is 4.74 Å². The first-order chi connectivity index (χ1) is 18.6. The van der Waals surface area contributed by atoms with Crippen molar-refractivity contribution in [3.63, 3.8) is 0 Å². The van der Waals surface area contributed by atoms with Crippen LogP contribution < -0.4 is 4.74 Å². The molecule has 0 saturated heterocycles. The van der Waals surface area contributed by atoms with Crippen molar-refractivity contribution in [2.75, 3.05) is 0 Å².